The van der Waals surface area contributed by atoms with Crippen molar-refractivity contribution in [3.05, 3.63) is 30.6 Å². The second-order valence-corrected chi connectivity index (χ2v) is 3.29. The van der Waals surface area contributed by atoms with Crippen LogP contribution < -0.4 is 0 Å². The van der Waals surface area contributed by atoms with Gasteiger partial charge in [-0.2, -0.15) is 0 Å². The molecule has 0 aliphatic carbocycles. The number of hydrogen-bond acceptors (Lipinski definition) is 3. The van der Waals surface area contributed by atoms with Gasteiger partial charge in [0.25, 0.3) is 0 Å². The van der Waals surface area contributed by atoms with Gasteiger partial charge in [0.2, 0.25) is 0 Å². The maximum Gasteiger partial charge on any atom is 0.157 e. The molecule has 0 amide bonds. The second-order valence-electron chi connectivity index (χ2n) is 3.29. The molecule has 74 valence electrons. The highest BCUT2D eigenvalue weighted by Crippen LogP contribution is 2.17. The van der Waals surface area contributed by atoms with E-state index in [0.717, 1.165) is 11.0 Å². The predicted molar refractivity (Wildman–Crippen MR) is 52.7 cm³/mol. The first kappa shape index (κ1) is 9.18. The predicted octanol–water partition coefficient (Wildman–Crippen LogP) is 0.908. The number of imidazole rings is 1. The SMILES string of the molecule is CC(O)C(O)n1cnc2ccccc21. The number of fused-ring (bicyclic) bond motifs is 1. The van der Waals surface area contributed by atoms with Gasteiger partial charge in [-0.15, -0.1) is 0 Å². The molecule has 4 nitrogen and oxygen atoms in total. The number of aliphatic hydroxyl groups excluding tert-OH is 2. The van der Waals surface area contributed by atoms with Gasteiger partial charge in [0, 0.05) is 0 Å². The van der Waals surface area contributed by atoms with Gasteiger partial charge in [-0.05, 0) is 19.1 Å². The van der Waals surface area contributed by atoms with Gasteiger partial charge in [-0.3, -0.25) is 0 Å². The van der Waals surface area contributed by atoms with Gasteiger partial charge in [0.05, 0.1) is 23.5 Å². The molecule has 2 atom stereocenters. The minimum atomic E-state index is -0.942. The number of aromatic nitrogens is 2. The van der Waals surface area contributed by atoms with Crippen molar-refractivity contribution in [3.63, 3.8) is 0 Å². The Kier molecular flexibility index (Phi) is 2.23. The van der Waals surface area contributed by atoms with Crippen LogP contribution in [0, 0.1) is 0 Å². The topological polar surface area (TPSA) is 58.3 Å². The zero-order valence-corrected chi connectivity index (χ0v) is 7.83. The molecule has 2 rings (SSSR count). The first-order valence-electron chi connectivity index (χ1n) is 4.48. The molecule has 0 aliphatic heterocycles. The highest BCUT2D eigenvalue weighted by molar-refractivity contribution is 5.75. The minimum absolute atomic E-state index is 0.812. The maximum atomic E-state index is 9.66. The molecule has 0 aliphatic rings. The molecule has 14 heavy (non-hydrogen) atoms. The lowest BCUT2D eigenvalue weighted by atomic mass is 10.3. The number of benzene rings is 1. The van der Waals surface area contributed by atoms with Crippen molar-refractivity contribution in [2.45, 2.75) is 19.3 Å². The molecule has 2 unspecified atom stereocenters. The van der Waals surface area contributed by atoms with Crippen LogP contribution in [-0.2, 0) is 0 Å². The van der Waals surface area contributed by atoms with Crippen molar-refractivity contribution in [3.8, 4) is 0 Å². The van der Waals surface area contributed by atoms with Crippen LogP contribution in [-0.4, -0.2) is 25.9 Å². The average Bonchev–Trinajstić information content (AvgIpc) is 2.60. The lowest BCUT2D eigenvalue weighted by Crippen LogP contribution is -2.19. The van der Waals surface area contributed by atoms with Crippen molar-refractivity contribution in [1.29, 1.82) is 0 Å². The molecule has 4 heteroatoms. The summed E-state index contributed by atoms with van der Waals surface area (Å²) in [5.74, 6) is 0. The molecule has 1 aromatic heterocycles. The quantitative estimate of drug-likeness (QED) is 0.743. The van der Waals surface area contributed by atoms with Gasteiger partial charge in [-0.1, -0.05) is 12.1 Å². The van der Waals surface area contributed by atoms with E-state index in [2.05, 4.69) is 4.98 Å². The van der Waals surface area contributed by atoms with E-state index < -0.39 is 12.3 Å². The minimum Gasteiger partial charge on any atom is -0.389 e. The molecule has 1 heterocycles. The Morgan fingerprint density at radius 2 is 2.00 bits per heavy atom. The van der Waals surface area contributed by atoms with Crippen LogP contribution in [0.2, 0.25) is 0 Å². The standard InChI is InChI=1S/C10H12N2O2/c1-7(13)10(14)12-6-11-8-4-2-3-5-9(8)12/h2-7,10,13-14H,1H3. The number of rotatable bonds is 2. The Labute approximate surface area is 81.4 Å². The Hall–Kier alpha value is -1.39. The zero-order valence-electron chi connectivity index (χ0n) is 7.83. The van der Waals surface area contributed by atoms with Gasteiger partial charge in [0.15, 0.2) is 6.23 Å². The fourth-order valence-corrected chi connectivity index (χ4v) is 1.42. The third kappa shape index (κ3) is 1.38. The highest BCUT2D eigenvalue weighted by Gasteiger charge is 2.14. The van der Waals surface area contributed by atoms with Crippen LogP contribution in [0.3, 0.4) is 0 Å². The Morgan fingerprint density at radius 3 is 2.71 bits per heavy atom. The van der Waals surface area contributed by atoms with E-state index in [1.807, 2.05) is 24.3 Å². The van der Waals surface area contributed by atoms with Gasteiger partial charge < -0.3 is 14.8 Å². The molecule has 0 saturated heterocycles. The van der Waals surface area contributed by atoms with E-state index in [1.165, 1.54) is 6.33 Å². The largest absolute Gasteiger partial charge is 0.389 e. The summed E-state index contributed by atoms with van der Waals surface area (Å²) in [5.41, 5.74) is 1.63. The summed E-state index contributed by atoms with van der Waals surface area (Å²) < 4.78 is 1.56. The van der Waals surface area contributed by atoms with Gasteiger partial charge >= 0.3 is 0 Å². The number of hydrogen-bond donors (Lipinski definition) is 2. The van der Waals surface area contributed by atoms with E-state index >= 15 is 0 Å². The molecule has 2 N–H and O–H groups in total. The molecule has 2 aromatic rings. The average molecular weight is 192 g/mol. The second kappa shape index (κ2) is 3.40. The van der Waals surface area contributed by atoms with Crippen LogP contribution in [0.5, 0.6) is 0 Å². The van der Waals surface area contributed by atoms with Crippen molar-refractivity contribution in [1.82, 2.24) is 9.55 Å². The first-order chi connectivity index (χ1) is 6.70. The highest BCUT2D eigenvalue weighted by atomic mass is 16.3. The first-order valence-corrected chi connectivity index (χ1v) is 4.48. The lowest BCUT2D eigenvalue weighted by molar-refractivity contribution is -0.0152. The summed E-state index contributed by atoms with van der Waals surface area (Å²) in [7, 11) is 0. The van der Waals surface area contributed by atoms with E-state index in [1.54, 1.807) is 11.5 Å². The van der Waals surface area contributed by atoms with E-state index in [-0.39, 0.29) is 0 Å². The molecular formula is C10H12N2O2. The normalized spacial score (nSPS) is 15.6. The molecule has 0 fully saturated rings. The zero-order chi connectivity index (χ0) is 10.1. The molecule has 0 radical (unpaired) electrons. The molecule has 1 aromatic carbocycles. The van der Waals surface area contributed by atoms with Crippen LogP contribution in [0.1, 0.15) is 13.2 Å². The van der Waals surface area contributed by atoms with Crippen LogP contribution in [0.25, 0.3) is 11.0 Å². The molecule has 0 bridgehead atoms. The fourth-order valence-electron chi connectivity index (χ4n) is 1.42. The van der Waals surface area contributed by atoms with Gasteiger partial charge in [0.1, 0.15) is 0 Å². The number of aliphatic hydroxyl groups is 2. The summed E-state index contributed by atoms with van der Waals surface area (Å²) in [6, 6.07) is 7.47. The Morgan fingerprint density at radius 1 is 1.29 bits per heavy atom. The maximum absolute atomic E-state index is 9.66. The molecular weight excluding hydrogens is 180 g/mol. The Balaban J connectivity index is 2.53. The van der Waals surface area contributed by atoms with Crippen molar-refractivity contribution in [2.24, 2.45) is 0 Å². The monoisotopic (exact) mass is 192 g/mol. The van der Waals surface area contributed by atoms with E-state index in [4.69, 9.17) is 0 Å². The van der Waals surface area contributed by atoms with Crippen LogP contribution in [0.15, 0.2) is 30.6 Å². The third-order valence-electron chi connectivity index (χ3n) is 2.20. The smallest absolute Gasteiger partial charge is 0.157 e. The number of nitrogens with zero attached hydrogens (tertiary/aromatic N) is 2. The van der Waals surface area contributed by atoms with Crippen LogP contribution in [0.4, 0.5) is 0 Å². The van der Waals surface area contributed by atoms with Crippen molar-refractivity contribution >= 4 is 11.0 Å². The third-order valence-corrected chi connectivity index (χ3v) is 2.20. The van der Waals surface area contributed by atoms with Crippen LogP contribution >= 0.6 is 0 Å². The van der Waals surface area contributed by atoms with E-state index in [9.17, 15) is 10.2 Å². The summed E-state index contributed by atoms with van der Waals surface area (Å²) in [6.07, 6.45) is -0.225. The Bertz CT molecular complexity index is 436. The summed E-state index contributed by atoms with van der Waals surface area (Å²) in [4.78, 5) is 4.11. The summed E-state index contributed by atoms with van der Waals surface area (Å²) in [6.45, 7) is 1.54. The van der Waals surface area contributed by atoms with E-state index in [0.29, 0.717) is 0 Å². The van der Waals surface area contributed by atoms with Crippen molar-refractivity contribution in [2.75, 3.05) is 0 Å². The van der Waals surface area contributed by atoms with Crippen molar-refractivity contribution < 1.29 is 10.2 Å². The summed E-state index contributed by atoms with van der Waals surface area (Å²) in [5, 5.41) is 18.9. The molecule has 0 spiro atoms. The fraction of sp³-hybridized carbons (Fsp3) is 0.300. The lowest BCUT2D eigenvalue weighted by Gasteiger charge is -2.15. The summed E-state index contributed by atoms with van der Waals surface area (Å²) >= 11 is 0. The molecule has 0 saturated carbocycles. The number of para-hydroxylation sites is 2. The van der Waals surface area contributed by atoms with Gasteiger partial charge in [-0.25, -0.2) is 4.98 Å².